The molecule has 0 saturated heterocycles. The molecule has 0 aliphatic heterocycles. The Bertz CT molecular complexity index is 831. The summed E-state index contributed by atoms with van der Waals surface area (Å²) in [7, 11) is 0. The first-order chi connectivity index (χ1) is 12.3. The van der Waals surface area contributed by atoms with Crippen LogP contribution in [0.2, 0.25) is 5.15 Å². The summed E-state index contributed by atoms with van der Waals surface area (Å²) < 4.78 is 19.5. The average Bonchev–Trinajstić information content (AvgIpc) is 2.88. The van der Waals surface area contributed by atoms with Gasteiger partial charge in [-0.1, -0.05) is 11.6 Å². The Morgan fingerprint density at radius 2 is 2.04 bits per heavy atom. The number of esters is 1. The van der Waals surface area contributed by atoms with E-state index in [4.69, 9.17) is 16.3 Å². The minimum Gasteiger partial charge on any atom is -0.449 e. The molecule has 1 heterocycles. The first-order valence-electron chi connectivity index (χ1n) is 8.01. The molecule has 0 fully saturated rings. The van der Waals surface area contributed by atoms with Gasteiger partial charge in [-0.15, -0.1) is 0 Å². The van der Waals surface area contributed by atoms with Crippen molar-refractivity contribution in [1.29, 1.82) is 0 Å². The van der Waals surface area contributed by atoms with Gasteiger partial charge in [0.25, 0.3) is 5.91 Å². The van der Waals surface area contributed by atoms with E-state index in [0.717, 1.165) is 0 Å². The highest BCUT2D eigenvalue weighted by molar-refractivity contribution is 6.31. The minimum absolute atomic E-state index is 0.273. The summed E-state index contributed by atoms with van der Waals surface area (Å²) in [5.74, 6) is -1.40. The van der Waals surface area contributed by atoms with Gasteiger partial charge in [0.2, 0.25) is 0 Å². The number of carbonyl (C=O) groups is 2. The van der Waals surface area contributed by atoms with E-state index in [-0.39, 0.29) is 16.9 Å². The van der Waals surface area contributed by atoms with Crippen molar-refractivity contribution in [2.24, 2.45) is 0 Å². The molecule has 0 unspecified atom stereocenters. The molecular weight excluding hydrogens is 361 g/mol. The predicted molar refractivity (Wildman–Crippen MR) is 96.5 cm³/mol. The summed E-state index contributed by atoms with van der Waals surface area (Å²) >= 11 is 6.32. The highest BCUT2D eigenvalue weighted by Crippen LogP contribution is 2.24. The topological polar surface area (TPSA) is 73.2 Å². The van der Waals surface area contributed by atoms with E-state index in [9.17, 15) is 14.0 Å². The van der Waals surface area contributed by atoms with Crippen LogP contribution in [0.5, 0.6) is 0 Å². The van der Waals surface area contributed by atoms with E-state index in [2.05, 4.69) is 10.4 Å². The van der Waals surface area contributed by atoms with E-state index < -0.39 is 12.1 Å². The van der Waals surface area contributed by atoms with Crippen molar-refractivity contribution in [1.82, 2.24) is 15.1 Å². The number of rotatable bonds is 6. The minimum atomic E-state index is -0.898. The molecule has 2 aromatic rings. The lowest BCUT2D eigenvalue weighted by Crippen LogP contribution is -2.35. The largest absolute Gasteiger partial charge is 0.449 e. The molecule has 1 atom stereocenters. The Hall–Kier alpha value is -2.67. The van der Waals surface area contributed by atoms with Crippen LogP contribution in [0.25, 0.3) is 11.8 Å². The number of carbonyl (C=O) groups excluding carboxylic acids is 2. The standard InChI is InChI=1S/C18H19ClFN3O3/c1-4-21-18(25)12(3)26-16(24)10-9-15-11(2)22-23(17(15)19)14-7-5-13(20)6-8-14/h5-10,12H,4H2,1-3H3,(H,21,25)/b10-9+/t12-/m0/s1. The van der Waals surface area contributed by atoms with Crippen molar-refractivity contribution < 1.29 is 18.7 Å². The summed E-state index contributed by atoms with van der Waals surface area (Å²) in [6.45, 7) is 5.44. The van der Waals surface area contributed by atoms with Gasteiger partial charge < -0.3 is 10.1 Å². The molecule has 0 aliphatic carbocycles. The molecule has 0 radical (unpaired) electrons. The fraction of sp³-hybridized carbons (Fsp3) is 0.278. The fourth-order valence-corrected chi connectivity index (χ4v) is 2.53. The lowest BCUT2D eigenvalue weighted by Gasteiger charge is -2.10. The molecule has 1 N–H and O–H groups in total. The first-order valence-corrected chi connectivity index (χ1v) is 8.38. The number of aromatic nitrogens is 2. The number of nitrogens with one attached hydrogen (secondary N) is 1. The number of hydrogen-bond donors (Lipinski definition) is 1. The maximum atomic E-state index is 13.1. The van der Waals surface area contributed by atoms with Crippen LogP contribution in [0.15, 0.2) is 30.3 Å². The van der Waals surface area contributed by atoms with Crippen LogP contribution in [-0.4, -0.2) is 34.3 Å². The van der Waals surface area contributed by atoms with E-state index in [1.165, 1.54) is 35.9 Å². The smallest absolute Gasteiger partial charge is 0.331 e. The average molecular weight is 380 g/mol. The molecule has 1 aromatic heterocycles. The molecule has 0 aliphatic rings. The monoisotopic (exact) mass is 379 g/mol. The lowest BCUT2D eigenvalue weighted by molar-refractivity contribution is -0.150. The fourth-order valence-electron chi connectivity index (χ4n) is 2.19. The van der Waals surface area contributed by atoms with Crippen molar-refractivity contribution in [2.75, 3.05) is 6.54 Å². The van der Waals surface area contributed by atoms with Crippen LogP contribution in [0.4, 0.5) is 4.39 Å². The molecule has 1 amide bonds. The van der Waals surface area contributed by atoms with Gasteiger partial charge in [-0.05, 0) is 51.1 Å². The van der Waals surface area contributed by atoms with Crippen LogP contribution in [-0.2, 0) is 14.3 Å². The van der Waals surface area contributed by atoms with Crippen LogP contribution in [0.3, 0.4) is 0 Å². The Labute approximate surface area is 155 Å². The van der Waals surface area contributed by atoms with Crippen molar-refractivity contribution >= 4 is 29.6 Å². The second-order valence-electron chi connectivity index (χ2n) is 5.49. The molecule has 1 aromatic carbocycles. The van der Waals surface area contributed by atoms with E-state index in [1.807, 2.05) is 0 Å². The Morgan fingerprint density at radius 1 is 1.38 bits per heavy atom. The third-order valence-electron chi connectivity index (χ3n) is 3.52. The van der Waals surface area contributed by atoms with E-state index >= 15 is 0 Å². The van der Waals surface area contributed by atoms with Gasteiger partial charge in [-0.2, -0.15) is 5.10 Å². The van der Waals surface area contributed by atoms with Gasteiger partial charge in [0.05, 0.1) is 11.4 Å². The van der Waals surface area contributed by atoms with Gasteiger partial charge >= 0.3 is 5.97 Å². The van der Waals surface area contributed by atoms with Gasteiger partial charge in [0.1, 0.15) is 11.0 Å². The van der Waals surface area contributed by atoms with Crippen LogP contribution >= 0.6 is 11.6 Å². The third-order valence-corrected chi connectivity index (χ3v) is 3.88. The Kier molecular flexibility index (Phi) is 6.52. The molecule has 6 nitrogen and oxygen atoms in total. The highest BCUT2D eigenvalue weighted by Gasteiger charge is 2.16. The van der Waals surface area contributed by atoms with Crippen LogP contribution < -0.4 is 5.32 Å². The normalized spacial score (nSPS) is 12.2. The Balaban J connectivity index is 2.14. The predicted octanol–water partition coefficient (Wildman–Crippen LogP) is 3.05. The molecular formula is C18H19ClFN3O3. The van der Waals surface area contributed by atoms with E-state index in [1.54, 1.807) is 26.0 Å². The zero-order valence-electron chi connectivity index (χ0n) is 14.6. The summed E-state index contributed by atoms with van der Waals surface area (Å²) in [4.78, 5) is 23.4. The summed E-state index contributed by atoms with van der Waals surface area (Å²) in [6, 6.07) is 5.70. The second-order valence-corrected chi connectivity index (χ2v) is 5.84. The van der Waals surface area contributed by atoms with E-state index in [0.29, 0.717) is 23.5 Å². The van der Waals surface area contributed by atoms with Crippen LogP contribution in [0.1, 0.15) is 25.1 Å². The first kappa shape index (κ1) is 19.7. The van der Waals surface area contributed by atoms with Crippen molar-refractivity contribution in [3.63, 3.8) is 0 Å². The number of hydrogen-bond acceptors (Lipinski definition) is 4. The Morgan fingerprint density at radius 3 is 2.65 bits per heavy atom. The quantitative estimate of drug-likeness (QED) is 0.618. The number of nitrogens with zero attached hydrogens (tertiary/aromatic N) is 2. The number of likely N-dealkylation sites (N-methyl/N-ethyl adjacent to an activating group) is 1. The highest BCUT2D eigenvalue weighted by atomic mass is 35.5. The van der Waals surface area contributed by atoms with Gasteiger partial charge in [-0.25, -0.2) is 13.9 Å². The molecule has 26 heavy (non-hydrogen) atoms. The zero-order valence-corrected chi connectivity index (χ0v) is 15.4. The molecule has 2 rings (SSSR count). The van der Waals surface area contributed by atoms with Gasteiger partial charge in [0.15, 0.2) is 6.10 Å². The summed E-state index contributed by atoms with van der Waals surface area (Å²) in [5.41, 5.74) is 1.70. The van der Waals surface area contributed by atoms with Crippen LogP contribution in [0, 0.1) is 12.7 Å². The molecule has 0 spiro atoms. The van der Waals surface area contributed by atoms with Crippen molar-refractivity contribution in [3.05, 3.63) is 52.6 Å². The number of halogens is 2. The molecule has 0 saturated carbocycles. The summed E-state index contributed by atoms with van der Waals surface area (Å²) in [5, 5.41) is 7.14. The van der Waals surface area contributed by atoms with Gasteiger partial charge in [-0.3, -0.25) is 4.79 Å². The molecule has 138 valence electrons. The molecule has 8 heteroatoms. The third kappa shape index (κ3) is 4.70. The number of aryl methyl sites for hydroxylation is 1. The summed E-state index contributed by atoms with van der Waals surface area (Å²) in [6.07, 6.45) is 1.75. The second kappa shape index (κ2) is 8.62. The number of benzene rings is 1. The lowest BCUT2D eigenvalue weighted by atomic mass is 10.2. The molecule has 0 bridgehead atoms. The zero-order chi connectivity index (χ0) is 19.3. The van der Waals surface area contributed by atoms with Crippen molar-refractivity contribution in [2.45, 2.75) is 26.9 Å². The number of amides is 1. The SMILES string of the molecule is CCNC(=O)[C@H](C)OC(=O)/C=C/c1c(C)nn(-c2ccc(F)cc2)c1Cl. The number of ether oxygens (including phenoxy) is 1. The maximum Gasteiger partial charge on any atom is 0.331 e. The van der Waals surface area contributed by atoms with Gasteiger partial charge in [0, 0.05) is 18.2 Å². The maximum absolute atomic E-state index is 13.1. The van der Waals surface area contributed by atoms with Crippen molar-refractivity contribution in [3.8, 4) is 5.69 Å².